The third-order valence-corrected chi connectivity index (χ3v) is 2.35. The maximum absolute atomic E-state index is 2.58. The fourth-order valence-corrected chi connectivity index (χ4v) is 1.44. The molecule has 1 atom stereocenters. The molecule has 0 aromatic carbocycles. The molecule has 0 aliphatic carbocycles. The normalized spacial score (nSPS) is 24.8. The van der Waals surface area contributed by atoms with Crippen LogP contribution < -0.4 is 0 Å². The summed E-state index contributed by atoms with van der Waals surface area (Å²) in [5.74, 6) is 0. The second-order valence-electron chi connectivity index (χ2n) is 3.00. The van der Waals surface area contributed by atoms with Gasteiger partial charge in [-0.2, -0.15) is 0 Å². The average molecular weight is 119 g/mol. The van der Waals surface area contributed by atoms with Gasteiger partial charge in [-0.3, -0.25) is 0 Å². The number of hydrogen-bond acceptors (Lipinski definition) is 1. The van der Waals surface area contributed by atoms with Gasteiger partial charge in [0.25, 0.3) is 0 Å². The second kappa shape index (κ2) is 3.66. The minimum absolute atomic E-state index is 0.826. The van der Waals surface area contributed by atoms with Gasteiger partial charge in [0.05, 0.1) is 0 Å². The van der Waals surface area contributed by atoms with Gasteiger partial charge in [-0.15, -0.1) is 0 Å². The molecular weight excluding hydrogens is 105 g/mol. The number of hydrogen-bond donors (Lipinski definition) is 0. The first-order valence-electron chi connectivity index (χ1n) is 4.08. The Kier molecular flexibility index (Phi) is 3.12. The molecule has 9 heavy (non-hydrogen) atoms. The van der Waals surface area contributed by atoms with Gasteiger partial charge in [0, 0.05) is 0 Å². The standard InChI is InChI=1S/C7H14N.Li/c1-2-5-8-6-3-4-7-8;/h5H,2-4,6-7H2,1H3;. The molecule has 1 saturated heterocycles. The van der Waals surface area contributed by atoms with Crippen LogP contribution in [-0.4, -0.2) is 40.4 Å². The van der Waals surface area contributed by atoms with E-state index in [4.69, 9.17) is 0 Å². The van der Waals surface area contributed by atoms with E-state index in [-0.39, 0.29) is 0 Å². The van der Waals surface area contributed by atoms with Crippen LogP contribution in [-0.2, 0) is 0 Å². The molecule has 1 nitrogen and oxygen atoms in total. The van der Waals surface area contributed by atoms with Gasteiger partial charge in [0.15, 0.2) is 0 Å². The molecule has 0 aromatic rings. The molecule has 48 valence electrons. The van der Waals surface area contributed by atoms with Crippen molar-refractivity contribution < 1.29 is 0 Å². The summed E-state index contributed by atoms with van der Waals surface area (Å²) in [4.78, 5) is 2.58. The van der Waals surface area contributed by atoms with Gasteiger partial charge in [-0.25, -0.2) is 0 Å². The second-order valence-corrected chi connectivity index (χ2v) is 3.00. The predicted octanol–water partition coefficient (Wildman–Crippen LogP) is 0.987. The Morgan fingerprint density at radius 1 is 1.44 bits per heavy atom. The van der Waals surface area contributed by atoms with Crippen molar-refractivity contribution >= 4 is 17.7 Å². The summed E-state index contributed by atoms with van der Waals surface area (Å²) < 4.78 is 0.826. The van der Waals surface area contributed by atoms with Crippen molar-refractivity contribution in [1.82, 2.24) is 4.90 Å². The monoisotopic (exact) mass is 119 g/mol. The van der Waals surface area contributed by atoms with Crippen LogP contribution in [0.3, 0.4) is 0 Å². The first kappa shape index (κ1) is 7.66. The van der Waals surface area contributed by atoms with Crippen molar-refractivity contribution in [2.75, 3.05) is 13.1 Å². The first-order chi connectivity index (χ1) is 4.34. The molecule has 1 aliphatic rings. The fraction of sp³-hybridized carbons (Fsp3) is 1.00. The molecule has 1 rings (SSSR count). The summed E-state index contributed by atoms with van der Waals surface area (Å²) in [5.41, 5.74) is 0. The van der Waals surface area contributed by atoms with E-state index in [2.05, 4.69) is 29.5 Å². The molecule has 0 N–H and O–H groups in total. The molecule has 0 bridgehead atoms. The molecule has 1 fully saturated rings. The van der Waals surface area contributed by atoms with Crippen LogP contribution in [0.2, 0.25) is 0 Å². The van der Waals surface area contributed by atoms with Crippen molar-refractivity contribution in [3.63, 3.8) is 0 Å². The Morgan fingerprint density at radius 2 is 2.00 bits per heavy atom. The third-order valence-electron chi connectivity index (χ3n) is 2.35. The Morgan fingerprint density at radius 3 is 2.44 bits per heavy atom. The van der Waals surface area contributed by atoms with E-state index < -0.39 is 0 Å². The first-order valence-corrected chi connectivity index (χ1v) is 4.08. The Hall–Kier alpha value is 0.557. The molecule has 0 aromatic heterocycles. The van der Waals surface area contributed by atoms with Crippen molar-refractivity contribution in [1.29, 1.82) is 0 Å². The van der Waals surface area contributed by atoms with E-state index in [0.29, 0.717) is 0 Å². The molecule has 2 heteroatoms. The van der Waals surface area contributed by atoms with E-state index >= 15 is 0 Å². The Balaban J connectivity index is 2.24. The van der Waals surface area contributed by atoms with Gasteiger partial charge in [0.1, 0.15) is 0 Å². The Bertz CT molecular complexity index is 79.0. The molecule has 0 amide bonds. The van der Waals surface area contributed by atoms with Crippen LogP contribution in [0.1, 0.15) is 26.2 Å². The van der Waals surface area contributed by atoms with Gasteiger partial charge >= 0.3 is 66.6 Å². The zero-order valence-electron chi connectivity index (χ0n) is 6.56. The fourth-order valence-electron chi connectivity index (χ4n) is 1.44. The topological polar surface area (TPSA) is 3.24 Å². The van der Waals surface area contributed by atoms with Crippen LogP contribution in [0.15, 0.2) is 0 Å². The molecule has 0 radical (unpaired) electrons. The summed E-state index contributed by atoms with van der Waals surface area (Å²) in [6.07, 6.45) is 4.15. The summed E-state index contributed by atoms with van der Waals surface area (Å²) in [6.45, 7) is 4.95. The van der Waals surface area contributed by atoms with E-state index in [0.717, 1.165) is 4.71 Å². The summed E-state index contributed by atoms with van der Waals surface area (Å²) in [6, 6.07) is 0. The van der Waals surface area contributed by atoms with Crippen LogP contribution in [0.25, 0.3) is 0 Å². The summed E-state index contributed by atoms with van der Waals surface area (Å²) in [7, 11) is 0. The molecular formula is C7H14LiN. The van der Waals surface area contributed by atoms with Crippen LogP contribution in [0, 0.1) is 0 Å². The molecule has 0 saturated carbocycles. The molecule has 1 aliphatic heterocycles. The SMILES string of the molecule is [Li][CH](CC)N1CCCC1. The van der Waals surface area contributed by atoms with Crippen molar-refractivity contribution in [3.8, 4) is 0 Å². The quantitative estimate of drug-likeness (QED) is 0.490. The maximum atomic E-state index is 2.58. The van der Waals surface area contributed by atoms with Crippen molar-refractivity contribution in [2.24, 2.45) is 0 Å². The zero-order chi connectivity index (χ0) is 6.69. The third kappa shape index (κ3) is 2.00. The zero-order valence-corrected chi connectivity index (χ0v) is 6.56. The predicted molar refractivity (Wildman–Crippen MR) is 40.6 cm³/mol. The van der Waals surface area contributed by atoms with E-state index in [9.17, 15) is 0 Å². The minimum atomic E-state index is 0.826. The molecule has 0 spiro atoms. The van der Waals surface area contributed by atoms with Crippen LogP contribution >= 0.6 is 0 Å². The Labute approximate surface area is 67.0 Å². The molecule has 1 unspecified atom stereocenters. The summed E-state index contributed by atoms with van der Waals surface area (Å²) in [5, 5.41) is 0. The van der Waals surface area contributed by atoms with E-state index in [1.54, 1.807) is 0 Å². The van der Waals surface area contributed by atoms with Crippen LogP contribution in [0.5, 0.6) is 0 Å². The number of nitrogens with zero attached hydrogens (tertiary/aromatic N) is 1. The van der Waals surface area contributed by atoms with Crippen molar-refractivity contribution in [3.05, 3.63) is 0 Å². The van der Waals surface area contributed by atoms with Crippen LogP contribution in [0.4, 0.5) is 0 Å². The van der Waals surface area contributed by atoms with Gasteiger partial charge in [-0.05, 0) is 0 Å². The van der Waals surface area contributed by atoms with E-state index in [1.807, 2.05) is 0 Å². The average Bonchev–Trinajstić information content (AvgIpc) is 2.37. The summed E-state index contributed by atoms with van der Waals surface area (Å²) >= 11 is 2.32. The van der Waals surface area contributed by atoms with Gasteiger partial charge < -0.3 is 0 Å². The number of rotatable bonds is 2. The van der Waals surface area contributed by atoms with Gasteiger partial charge in [0.2, 0.25) is 0 Å². The number of likely N-dealkylation sites (tertiary alicyclic amines) is 1. The van der Waals surface area contributed by atoms with Gasteiger partial charge in [-0.1, -0.05) is 0 Å². The van der Waals surface area contributed by atoms with E-state index in [1.165, 1.54) is 32.4 Å². The molecule has 1 heterocycles. The van der Waals surface area contributed by atoms with Crippen molar-refractivity contribution in [2.45, 2.75) is 30.9 Å².